The van der Waals surface area contributed by atoms with Gasteiger partial charge in [-0.3, -0.25) is 10.1 Å². The summed E-state index contributed by atoms with van der Waals surface area (Å²) in [5.41, 5.74) is -0.241. The second kappa shape index (κ2) is 2.93. The summed E-state index contributed by atoms with van der Waals surface area (Å²) in [7, 11) is 0. The van der Waals surface area contributed by atoms with E-state index >= 15 is 0 Å². The average molecular weight is 155 g/mol. The lowest BCUT2D eigenvalue weighted by Crippen LogP contribution is -2.05. The van der Waals surface area contributed by atoms with Crippen molar-refractivity contribution in [2.24, 2.45) is 5.90 Å². The van der Waals surface area contributed by atoms with Crippen LogP contribution in [-0.2, 0) is 0 Å². The van der Waals surface area contributed by atoms with Crippen LogP contribution in [0.4, 0.5) is 5.69 Å². The summed E-state index contributed by atoms with van der Waals surface area (Å²) >= 11 is 0. The predicted molar refractivity (Wildman–Crippen MR) is 35.7 cm³/mol. The third kappa shape index (κ3) is 1.41. The molecule has 0 aliphatic heterocycles. The quantitative estimate of drug-likeness (QED) is 0.488. The Morgan fingerprint density at radius 1 is 1.73 bits per heavy atom. The normalized spacial score (nSPS) is 9.18. The van der Waals surface area contributed by atoms with Crippen LogP contribution in [0, 0.1) is 10.1 Å². The van der Waals surface area contributed by atoms with E-state index in [-0.39, 0.29) is 11.6 Å². The molecule has 1 heterocycles. The van der Waals surface area contributed by atoms with Gasteiger partial charge in [-0.05, 0) is 6.07 Å². The Kier molecular flexibility index (Phi) is 1.98. The molecule has 1 aromatic rings. The molecule has 0 saturated carbocycles. The second-order valence-corrected chi connectivity index (χ2v) is 1.70. The SMILES string of the molecule is NOc1ncccc1[N+](=O)[O-]. The van der Waals surface area contributed by atoms with Gasteiger partial charge in [0.25, 0.3) is 0 Å². The maximum absolute atomic E-state index is 10.2. The van der Waals surface area contributed by atoms with Crippen molar-refractivity contribution in [3.63, 3.8) is 0 Å². The van der Waals surface area contributed by atoms with Crippen molar-refractivity contribution >= 4 is 5.69 Å². The molecule has 1 rings (SSSR count). The Morgan fingerprint density at radius 3 is 2.91 bits per heavy atom. The largest absolute Gasteiger partial charge is 0.384 e. The van der Waals surface area contributed by atoms with Crippen LogP contribution in [-0.4, -0.2) is 9.91 Å². The van der Waals surface area contributed by atoms with Crippen LogP contribution in [0.5, 0.6) is 5.88 Å². The van der Waals surface area contributed by atoms with Gasteiger partial charge in [0.2, 0.25) is 0 Å². The third-order valence-corrected chi connectivity index (χ3v) is 1.06. The van der Waals surface area contributed by atoms with E-state index in [1.54, 1.807) is 0 Å². The van der Waals surface area contributed by atoms with Crippen molar-refractivity contribution in [1.29, 1.82) is 0 Å². The van der Waals surface area contributed by atoms with Crippen LogP contribution in [0.3, 0.4) is 0 Å². The van der Waals surface area contributed by atoms with Crippen LogP contribution in [0.2, 0.25) is 0 Å². The first-order valence-electron chi connectivity index (χ1n) is 2.72. The van der Waals surface area contributed by atoms with Crippen LogP contribution in [0.25, 0.3) is 0 Å². The predicted octanol–water partition coefficient (Wildman–Crippen LogP) is 0.242. The molecule has 0 aromatic carbocycles. The molecule has 0 atom stereocenters. The number of pyridine rings is 1. The molecule has 58 valence electrons. The van der Waals surface area contributed by atoms with E-state index in [0.717, 1.165) is 0 Å². The highest BCUT2D eigenvalue weighted by molar-refractivity contribution is 5.39. The zero-order valence-electron chi connectivity index (χ0n) is 5.43. The molecule has 0 aliphatic rings. The second-order valence-electron chi connectivity index (χ2n) is 1.70. The highest BCUT2D eigenvalue weighted by Crippen LogP contribution is 2.20. The smallest absolute Gasteiger partial charge is 0.333 e. The number of nitrogens with two attached hydrogens (primary N) is 1. The molecule has 0 radical (unpaired) electrons. The lowest BCUT2D eigenvalue weighted by molar-refractivity contribution is -0.386. The van der Waals surface area contributed by atoms with Gasteiger partial charge < -0.3 is 4.84 Å². The summed E-state index contributed by atoms with van der Waals surface area (Å²) in [5.74, 6) is 4.54. The molecule has 11 heavy (non-hydrogen) atoms. The fraction of sp³-hybridized carbons (Fsp3) is 0. The number of nitrogens with zero attached hydrogens (tertiary/aromatic N) is 2. The number of hydrogen-bond donors (Lipinski definition) is 1. The Balaban J connectivity index is 3.12. The topological polar surface area (TPSA) is 91.3 Å². The standard InChI is InChI=1S/C5H5N3O3/c6-11-5-4(8(9)10)2-1-3-7-5/h1-3H,6H2. The van der Waals surface area contributed by atoms with Crippen LogP contribution < -0.4 is 10.7 Å². The minimum Gasteiger partial charge on any atom is -0.384 e. The summed E-state index contributed by atoms with van der Waals surface area (Å²) in [5, 5.41) is 10.2. The number of nitro groups is 1. The van der Waals surface area contributed by atoms with Crippen LogP contribution in [0.15, 0.2) is 18.3 Å². The number of aromatic nitrogens is 1. The van der Waals surface area contributed by atoms with E-state index in [0.29, 0.717) is 0 Å². The summed E-state index contributed by atoms with van der Waals surface area (Å²) in [4.78, 5) is 17.3. The molecule has 0 unspecified atom stereocenters. The van der Waals surface area contributed by atoms with Crippen LogP contribution >= 0.6 is 0 Å². The zero-order chi connectivity index (χ0) is 8.27. The van der Waals surface area contributed by atoms with Crippen molar-refractivity contribution < 1.29 is 9.76 Å². The fourth-order valence-electron chi connectivity index (χ4n) is 0.612. The lowest BCUT2D eigenvalue weighted by atomic mass is 10.4. The summed E-state index contributed by atoms with van der Waals surface area (Å²) in [6.07, 6.45) is 1.36. The third-order valence-electron chi connectivity index (χ3n) is 1.06. The van der Waals surface area contributed by atoms with Gasteiger partial charge >= 0.3 is 11.6 Å². The van der Waals surface area contributed by atoms with Crippen molar-refractivity contribution in [3.05, 3.63) is 28.4 Å². The molecule has 1 aromatic heterocycles. The van der Waals surface area contributed by atoms with Gasteiger partial charge in [-0.25, -0.2) is 4.98 Å². The highest BCUT2D eigenvalue weighted by atomic mass is 16.6. The molecule has 6 heteroatoms. The first kappa shape index (κ1) is 7.42. The Bertz CT molecular complexity index is 275. The van der Waals surface area contributed by atoms with Gasteiger partial charge in [0.1, 0.15) is 0 Å². The monoisotopic (exact) mass is 155 g/mol. The van der Waals surface area contributed by atoms with Crippen molar-refractivity contribution in [1.82, 2.24) is 4.98 Å². The molecule has 6 nitrogen and oxygen atoms in total. The Labute approximate surface area is 61.7 Å². The van der Waals surface area contributed by atoms with Crippen molar-refractivity contribution in [2.75, 3.05) is 0 Å². The van der Waals surface area contributed by atoms with E-state index in [1.165, 1.54) is 18.3 Å². The minimum atomic E-state index is -0.616. The molecule has 0 fully saturated rings. The molecule has 0 amide bonds. The maximum Gasteiger partial charge on any atom is 0.333 e. The van der Waals surface area contributed by atoms with Gasteiger partial charge in [0.15, 0.2) is 0 Å². The lowest BCUT2D eigenvalue weighted by Gasteiger charge is -1.95. The van der Waals surface area contributed by atoms with Gasteiger partial charge in [0, 0.05) is 12.3 Å². The molecule has 0 aliphatic carbocycles. The van der Waals surface area contributed by atoms with Gasteiger partial charge in [-0.2, -0.15) is 5.90 Å². The van der Waals surface area contributed by atoms with Gasteiger partial charge in [-0.1, -0.05) is 0 Å². The molecule has 0 spiro atoms. The van der Waals surface area contributed by atoms with Crippen molar-refractivity contribution in [2.45, 2.75) is 0 Å². The number of rotatable bonds is 2. The molecule has 0 bridgehead atoms. The Morgan fingerprint density at radius 2 is 2.45 bits per heavy atom. The van der Waals surface area contributed by atoms with Gasteiger partial charge in [0.05, 0.1) is 4.92 Å². The molecular formula is C5H5N3O3. The maximum atomic E-state index is 10.2. The molecule has 2 N–H and O–H groups in total. The van der Waals surface area contributed by atoms with E-state index in [2.05, 4.69) is 9.82 Å². The molecule has 0 saturated heterocycles. The number of hydrogen-bond acceptors (Lipinski definition) is 5. The van der Waals surface area contributed by atoms with Crippen molar-refractivity contribution in [3.8, 4) is 5.88 Å². The zero-order valence-corrected chi connectivity index (χ0v) is 5.43. The average Bonchev–Trinajstić information content (AvgIpc) is 2.04. The van der Waals surface area contributed by atoms with E-state index in [4.69, 9.17) is 5.90 Å². The van der Waals surface area contributed by atoms with Gasteiger partial charge in [-0.15, -0.1) is 0 Å². The van der Waals surface area contributed by atoms with E-state index < -0.39 is 4.92 Å². The van der Waals surface area contributed by atoms with E-state index in [1.807, 2.05) is 0 Å². The summed E-state index contributed by atoms with van der Waals surface area (Å²) in [6.45, 7) is 0. The summed E-state index contributed by atoms with van der Waals surface area (Å²) in [6, 6.07) is 2.69. The minimum absolute atomic E-state index is 0.183. The van der Waals surface area contributed by atoms with E-state index in [9.17, 15) is 10.1 Å². The van der Waals surface area contributed by atoms with Crippen LogP contribution in [0.1, 0.15) is 0 Å². The molecular weight excluding hydrogens is 150 g/mol. The highest BCUT2D eigenvalue weighted by Gasteiger charge is 2.14. The fourth-order valence-corrected chi connectivity index (χ4v) is 0.612. The first-order chi connectivity index (χ1) is 5.25. The summed E-state index contributed by atoms with van der Waals surface area (Å²) < 4.78 is 0. The Hall–Kier alpha value is -1.69. The first-order valence-corrected chi connectivity index (χ1v) is 2.72.